The first-order valence-corrected chi connectivity index (χ1v) is 11.3. The molecule has 4 heteroatoms. The highest BCUT2D eigenvalue weighted by Gasteiger charge is 2.29. The molecule has 1 N–H and O–H groups in total. The van der Waals surface area contributed by atoms with Gasteiger partial charge in [-0.2, -0.15) is 0 Å². The summed E-state index contributed by atoms with van der Waals surface area (Å²) in [5.74, 6) is 0.0154. The van der Waals surface area contributed by atoms with E-state index in [1.54, 1.807) is 4.90 Å². The topological polar surface area (TPSA) is 49.4 Å². The van der Waals surface area contributed by atoms with E-state index >= 15 is 0 Å². The minimum atomic E-state index is -0.424. The Kier molecular flexibility index (Phi) is 8.49. The number of amides is 2. The fourth-order valence-electron chi connectivity index (χ4n) is 4.31. The molecule has 1 aliphatic rings. The van der Waals surface area contributed by atoms with Crippen molar-refractivity contribution in [1.29, 1.82) is 0 Å². The third-order valence-corrected chi connectivity index (χ3v) is 6.02. The van der Waals surface area contributed by atoms with Gasteiger partial charge in [-0.1, -0.05) is 86.8 Å². The number of carbonyl (C=O) groups excluding carboxylic acids is 2. The van der Waals surface area contributed by atoms with Crippen LogP contribution in [0.25, 0.3) is 0 Å². The van der Waals surface area contributed by atoms with E-state index in [4.69, 9.17) is 0 Å². The molecule has 2 aromatic carbocycles. The molecule has 30 heavy (non-hydrogen) atoms. The van der Waals surface area contributed by atoms with Crippen LogP contribution in [0, 0.1) is 0 Å². The van der Waals surface area contributed by atoms with Gasteiger partial charge in [0.2, 0.25) is 11.8 Å². The molecule has 0 bridgehead atoms. The zero-order valence-corrected chi connectivity index (χ0v) is 18.1. The summed E-state index contributed by atoms with van der Waals surface area (Å²) in [6.07, 6.45) is 7.38. The molecule has 1 aliphatic carbocycles. The third kappa shape index (κ3) is 6.45. The Morgan fingerprint density at radius 2 is 1.53 bits per heavy atom. The molecule has 0 unspecified atom stereocenters. The summed E-state index contributed by atoms with van der Waals surface area (Å²) in [5.41, 5.74) is 2.16. The Balaban J connectivity index is 1.72. The van der Waals surface area contributed by atoms with E-state index in [-0.39, 0.29) is 17.9 Å². The van der Waals surface area contributed by atoms with Gasteiger partial charge in [0.25, 0.3) is 0 Å². The van der Waals surface area contributed by atoms with E-state index in [0.29, 0.717) is 19.4 Å². The number of nitrogens with zero attached hydrogens (tertiary/aromatic N) is 1. The lowest BCUT2D eigenvalue weighted by Gasteiger charge is -2.33. The summed E-state index contributed by atoms with van der Waals surface area (Å²) in [7, 11) is 0. The van der Waals surface area contributed by atoms with E-state index in [0.717, 1.165) is 24.8 Å². The van der Waals surface area contributed by atoms with Gasteiger partial charge in [-0.25, -0.2) is 0 Å². The van der Waals surface area contributed by atoms with Crippen LogP contribution < -0.4 is 5.32 Å². The van der Waals surface area contributed by atoms with Crippen molar-refractivity contribution in [2.45, 2.75) is 70.4 Å². The first kappa shape index (κ1) is 22.1. The largest absolute Gasteiger partial charge is 0.352 e. The minimum Gasteiger partial charge on any atom is -0.352 e. The van der Waals surface area contributed by atoms with Gasteiger partial charge in [0.1, 0.15) is 6.04 Å². The summed E-state index contributed by atoms with van der Waals surface area (Å²) in [6, 6.07) is 19.8. The fraction of sp³-hybridized carbons (Fsp3) is 0.462. The Morgan fingerprint density at radius 3 is 2.13 bits per heavy atom. The van der Waals surface area contributed by atoms with Crippen molar-refractivity contribution in [3.05, 3.63) is 71.8 Å². The second kappa shape index (κ2) is 11.5. The molecule has 0 heterocycles. The molecule has 2 amide bonds. The second-order valence-corrected chi connectivity index (χ2v) is 8.25. The Bertz CT molecular complexity index is 785. The highest BCUT2D eigenvalue weighted by atomic mass is 16.2. The van der Waals surface area contributed by atoms with E-state index in [9.17, 15) is 9.59 Å². The average molecular weight is 407 g/mol. The molecule has 0 saturated heterocycles. The zero-order chi connectivity index (χ0) is 21.2. The van der Waals surface area contributed by atoms with E-state index in [1.165, 1.54) is 24.8 Å². The normalized spacial score (nSPS) is 15.4. The van der Waals surface area contributed by atoms with Gasteiger partial charge in [0.05, 0.1) is 6.42 Å². The summed E-state index contributed by atoms with van der Waals surface area (Å²) >= 11 is 0. The zero-order valence-electron chi connectivity index (χ0n) is 18.1. The van der Waals surface area contributed by atoms with E-state index in [2.05, 4.69) is 17.4 Å². The molecule has 2 aromatic rings. The Hall–Kier alpha value is -2.62. The Morgan fingerprint density at radius 1 is 0.933 bits per heavy atom. The molecule has 1 saturated carbocycles. The summed E-state index contributed by atoms with van der Waals surface area (Å²) < 4.78 is 0. The number of rotatable bonds is 9. The van der Waals surface area contributed by atoms with Gasteiger partial charge in [0, 0.05) is 12.6 Å². The van der Waals surface area contributed by atoms with Crippen molar-refractivity contribution in [3.8, 4) is 0 Å². The second-order valence-electron chi connectivity index (χ2n) is 8.25. The molecule has 1 atom stereocenters. The highest BCUT2D eigenvalue weighted by molar-refractivity contribution is 5.88. The lowest BCUT2D eigenvalue weighted by molar-refractivity contribution is -0.140. The van der Waals surface area contributed by atoms with Crippen LogP contribution in [-0.4, -0.2) is 35.3 Å². The molecule has 3 rings (SSSR count). The quantitative estimate of drug-likeness (QED) is 0.665. The summed E-state index contributed by atoms with van der Waals surface area (Å²) in [4.78, 5) is 28.2. The smallest absolute Gasteiger partial charge is 0.243 e. The highest BCUT2D eigenvalue weighted by Crippen LogP contribution is 2.19. The predicted octanol–water partition coefficient (Wildman–Crippen LogP) is 4.53. The third-order valence-electron chi connectivity index (χ3n) is 6.02. The van der Waals surface area contributed by atoms with E-state index < -0.39 is 6.04 Å². The average Bonchev–Trinajstić information content (AvgIpc) is 2.78. The van der Waals surface area contributed by atoms with Crippen LogP contribution in [0.4, 0.5) is 0 Å². The van der Waals surface area contributed by atoms with Crippen LogP contribution in [-0.2, 0) is 22.4 Å². The van der Waals surface area contributed by atoms with Crippen molar-refractivity contribution >= 4 is 11.8 Å². The van der Waals surface area contributed by atoms with Gasteiger partial charge in [-0.05, 0) is 36.8 Å². The van der Waals surface area contributed by atoms with Crippen molar-refractivity contribution < 1.29 is 9.59 Å². The van der Waals surface area contributed by atoms with Gasteiger partial charge in [0.15, 0.2) is 0 Å². The molecule has 0 aliphatic heterocycles. The number of benzene rings is 2. The van der Waals surface area contributed by atoms with Crippen LogP contribution in [0.1, 0.15) is 56.6 Å². The molecular formula is C26H34N2O2. The van der Waals surface area contributed by atoms with E-state index in [1.807, 2.05) is 55.5 Å². The fourth-order valence-corrected chi connectivity index (χ4v) is 4.31. The number of nitrogens with one attached hydrogen (secondary N) is 1. The van der Waals surface area contributed by atoms with Gasteiger partial charge < -0.3 is 10.2 Å². The summed E-state index contributed by atoms with van der Waals surface area (Å²) in [6.45, 7) is 2.54. The lowest BCUT2D eigenvalue weighted by Crippen LogP contribution is -2.52. The first-order chi connectivity index (χ1) is 14.7. The predicted molar refractivity (Wildman–Crippen MR) is 121 cm³/mol. The summed E-state index contributed by atoms with van der Waals surface area (Å²) in [5, 5.41) is 3.23. The molecule has 0 radical (unpaired) electrons. The lowest BCUT2D eigenvalue weighted by atomic mass is 9.95. The molecule has 0 aromatic heterocycles. The molecule has 160 valence electrons. The molecule has 1 fully saturated rings. The van der Waals surface area contributed by atoms with Crippen LogP contribution in [0.15, 0.2) is 60.7 Å². The molecular weight excluding hydrogens is 372 g/mol. The van der Waals surface area contributed by atoms with Gasteiger partial charge >= 0.3 is 0 Å². The maximum absolute atomic E-state index is 13.3. The van der Waals surface area contributed by atoms with Crippen LogP contribution in [0.2, 0.25) is 0 Å². The SMILES string of the molecule is CC[C@@H](C(=O)NC1CCCCC1)N(CCc1ccccc1)C(=O)Cc1ccccc1. The Labute approximate surface area is 180 Å². The van der Waals surface area contributed by atoms with Crippen molar-refractivity contribution in [1.82, 2.24) is 10.2 Å². The van der Waals surface area contributed by atoms with Crippen LogP contribution in [0.3, 0.4) is 0 Å². The number of hydrogen-bond acceptors (Lipinski definition) is 2. The standard InChI is InChI=1S/C26H34N2O2/c1-2-24(26(30)27-23-16-10-5-11-17-23)28(19-18-21-12-6-3-7-13-21)25(29)20-22-14-8-4-9-15-22/h3-4,6-9,12-15,23-24H,2,5,10-11,16-20H2,1H3,(H,27,30)/t24-/m0/s1. The molecule has 4 nitrogen and oxygen atoms in total. The van der Waals surface area contributed by atoms with Crippen molar-refractivity contribution in [2.24, 2.45) is 0 Å². The van der Waals surface area contributed by atoms with Crippen LogP contribution in [0.5, 0.6) is 0 Å². The van der Waals surface area contributed by atoms with Crippen molar-refractivity contribution in [2.75, 3.05) is 6.54 Å². The van der Waals surface area contributed by atoms with Gasteiger partial charge in [-0.15, -0.1) is 0 Å². The van der Waals surface area contributed by atoms with Crippen molar-refractivity contribution in [3.63, 3.8) is 0 Å². The van der Waals surface area contributed by atoms with Crippen LogP contribution >= 0.6 is 0 Å². The monoisotopic (exact) mass is 406 g/mol. The molecule has 0 spiro atoms. The first-order valence-electron chi connectivity index (χ1n) is 11.3. The maximum atomic E-state index is 13.3. The number of hydrogen-bond donors (Lipinski definition) is 1. The van der Waals surface area contributed by atoms with Gasteiger partial charge in [-0.3, -0.25) is 9.59 Å². The number of carbonyl (C=O) groups is 2. The minimum absolute atomic E-state index is 0.00104. The maximum Gasteiger partial charge on any atom is 0.243 e.